The van der Waals surface area contributed by atoms with Gasteiger partial charge in [0.05, 0.1) is 11.7 Å². The van der Waals surface area contributed by atoms with Crippen LogP contribution in [-0.4, -0.2) is 14.8 Å². The van der Waals surface area contributed by atoms with Crippen LogP contribution >= 0.6 is 23.4 Å². The molecule has 0 bridgehead atoms. The fourth-order valence-corrected chi connectivity index (χ4v) is 3.05. The van der Waals surface area contributed by atoms with Crippen LogP contribution in [0.15, 0.2) is 47.6 Å². The number of halogens is 1. The first-order valence-corrected chi connectivity index (χ1v) is 7.24. The van der Waals surface area contributed by atoms with Crippen LogP contribution < -0.4 is 0 Å². The first kappa shape index (κ1) is 12.5. The lowest BCUT2D eigenvalue weighted by Crippen LogP contribution is -1.88. The number of benzene rings is 1. The standard InChI is InChI=1S/C14H12ClN3S/c1-18-8-12(7-16-18)19-9-11-6-10-4-2-3-5-13(10)17-14(11)15/h2-8H,9H2,1H3. The molecule has 1 aromatic carbocycles. The van der Waals surface area contributed by atoms with Crippen molar-refractivity contribution in [2.75, 3.05) is 0 Å². The van der Waals surface area contributed by atoms with E-state index in [0.29, 0.717) is 5.15 Å². The summed E-state index contributed by atoms with van der Waals surface area (Å²) in [6.45, 7) is 0. The van der Waals surface area contributed by atoms with Gasteiger partial charge in [0, 0.05) is 34.8 Å². The Morgan fingerprint density at radius 2 is 2.16 bits per heavy atom. The molecule has 19 heavy (non-hydrogen) atoms. The van der Waals surface area contributed by atoms with Gasteiger partial charge in [0.25, 0.3) is 0 Å². The number of hydrogen-bond donors (Lipinski definition) is 0. The van der Waals surface area contributed by atoms with Crippen LogP contribution in [0.1, 0.15) is 5.56 Å². The summed E-state index contributed by atoms with van der Waals surface area (Å²) in [4.78, 5) is 5.56. The SMILES string of the molecule is Cn1cc(SCc2cc3ccccc3nc2Cl)cn1. The third-order valence-electron chi connectivity index (χ3n) is 2.83. The second-order valence-electron chi connectivity index (χ2n) is 4.27. The zero-order valence-electron chi connectivity index (χ0n) is 10.4. The summed E-state index contributed by atoms with van der Waals surface area (Å²) in [5.41, 5.74) is 1.98. The molecule has 3 rings (SSSR count). The molecule has 3 nitrogen and oxygen atoms in total. The van der Waals surface area contributed by atoms with E-state index >= 15 is 0 Å². The molecular formula is C14H12ClN3S. The smallest absolute Gasteiger partial charge is 0.133 e. The molecule has 0 aliphatic rings. The molecule has 0 amide bonds. The van der Waals surface area contributed by atoms with E-state index in [1.165, 1.54) is 0 Å². The fourth-order valence-electron chi connectivity index (χ4n) is 1.87. The van der Waals surface area contributed by atoms with Gasteiger partial charge in [-0.25, -0.2) is 4.98 Å². The zero-order chi connectivity index (χ0) is 13.2. The van der Waals surface area contributed by atoms with E-state index in [9.17, 15) is 0 Å². The molecule has 2 heterocycles. The Morgan fingerprint density at radius 1 is 1.32 bits per heavy atom. The van der Waals surface area contributed by atoms with E-state index in [2.05, 4.69) is 22.2 Å². The molecule has 0 radical (unpaired) electrons. The maximum Gasteiger partial charge on any atom is 0.133 e. The number of fused-ring (bicyclic) bond motifs is 1. The third-order valence-corrected chi connectivity index (χ3v) is 4.15. The molecule has 5 heteroatoms. The maximum atomic E-state index is 6.23. The van der Waals surface area contributed by atoms with Crippen LogP contribution in [0.3, 0.4) is 0 Å². The topological polar surface area (TPSA) is 30.7 Å². The second kappa shape index (κ2) is 5.23. The van der Waals surface area contributed by atoms with Crippen LogP contribution in [0.5, 0.6) is 0 Å². The lowest BCUT2D eigenvalue weighted by atomic mass is 10.2. The van der Waals surface area contributed by atoms with Crippen molar-refractivity contribution in [1.29, 1.82) is 0 Å². The second-order valence-corrected chi connectivity index (χ2v) is 5.68. The summed E-state index contributed by atoms with van der Waals surface area (Å²) in [5.74, 6) is 0.794. The van der Waals surface area contributed by atoms with E-state index < -0.39 is 0 Å². The van der Waals surface area contributed by atoms with Crippen LogP contribution in [0.4, 0.5) is 0 Å². The average Bonchev–Trinajstić information content (AvgIpc) is 2.82. The van der Waals surface area contributed by atoms with Gasteiger partial charge in [-0.3, -0.25) is 4.68 Å². The maximum absolute atomic E-state index is 6.23. The zero-order valence-corrected chi connectivity index (χ0v) is 11.9. The van der Waals surface area contributed by atoms with Crippen molar-refractivity contribution in [3.8, 4) is 0 Å². The number of nitrogens with zero attached hydrogens (tertiary/aromatic N) is 3. The van der Waals surface area contributed by atoms with Crippen molar-refractivity contribution >= 4 is 34.3 Å². The first-order valence-electron chi connectivity index (χ1n) is 5.88. The normalized spacial score (nSPS) is 11.1. The predicted octanol–water partition coefficient (Wildman–Crippen LogP) is 3.91. The first-order chi connectivity index (χ1) is 9.22. The molecule has 0 spiro atoms. The third kappa shape index (κ3) is 2.74. The average molecular weight is 290 g/mol. The Bertz CT molecular complexity index is 724. The van der Waals surface area contributed by atoms with Crippen molar-refractivity contribution in [1.82, 2.24) is 14.8 Å². The Kier molecular flexibility index (Phi) is 3.44. The minimum absolute atomic E-state index is 0.579. The van der Waals surface area contributed by atoms with Crippen LogP contribution in [0.25, 0.3) is 10.9 Å². The quantitative estimate of drug-likeness (QED) is 0.541. The highest BCUT2D eigenvalue weighted by molar-refractivity contribution is 7.98. The molecule has 0 atom stereocenters. The molecular weight excluding hydrogens is 278 g/mol. The van der Waals surface area contributed by atoms with Gasteiger partial charge < -0.3 is 0 Å². The molecule has 0 aliphatic heterocycles. The van der Waals surface area contributed by atoms with Gasteiger partial charge in [0.1, 0.15) is 5.15 Å². The molecule has 2 aromatic heterocycles. The molecule has 0 saturated carbocycles. The van der Waals surface area contributed by atoms with Gasteiger partial charge in [-0.15, -0.1) is 11.8 Å². The van der Waals surface area contributed by atoms with Crippen molar-refractivity contribution in [2.24, 2.45) is 7.05 Å². The molecule has 0 N–H and O–H groups in total. The molecule has 0 saturated heterocycles. The molecule has 0 fully saturated rings. The number of aryl methyl sites for hydroxylation is 1. The number of thioether (sulfide) groups is 1. The van der Waals surface area contributed by atoms with Crippen LogP contribution in [0.2, 0.25) is 5.15 Å². The van der Waals surface area contributed by atoms with Gasteiger partial charge in [-0.05, 0) is 12.1 Å². The van der Waals surface area contributed by atoms with E-state index in [1.807, 2.05) is 37.6 Å². The van der Waals surface area contributed by atoms with Gasteiger partial charge in [0.15, 0.2) is 0 Å². The largest absolute Gasteiger partial charge is 0.275 e. The Hall–Kier alpha value is -1.52. The summed E-state index contributed by atoms with van der Waals surface area (Å²) >= 11 is 7.94. The van der Waals surface area contributed by atoms with Crippen molar-refractivity contribution in [3.63, 3.8) is 0 Å². The number of hydrogen-bond acceptors (Lipinski definition) is 3. The van der Waals surface area contributed by atoms with Gasteiger partial charge in [0.2, 0.25) is 0 Å². The van der Waals surface area contributed by atoms with Gasteiger partial charge in [-0.2, -0.15) is 5.10 Å². The fraction of sp³-hybridized carbons (Fsp3) is 0.143. The summed E-state index contributed by atoms with van der Waals surface area (Å²) in [6.07, 6.45) is 3.85. The number of para-hydroxylation sites is 1. The van der Waals surface area contributed by atoms with E-state index in [0.717, 1.165) is 27.1 Å². The Labute approximate surface area is 120 Å². The summed E-state index contributed by atoms with van der Waals surface area (Å²) < 4.78 is 1.79. The summed E-state index contributed by atoms with van der Waals surface area (Å²) in [6, 6.07) is 10.1. The molecule has 0 unspecified atom stereocenters. The highest BCUT2D eigenvalue weighted by atomic mass is 35.5. The lowest BCUT2D eigenvalue weighted by molar-refractivity contribution is 0.766. The number of aromatic nitrogens is 3. The highest BCUT2D eigenvalue weighted by Crippen LogP contribution is 2.27. The van der Waals surface area contributed by atoms with Crippen molar-refractivity contribution in [3.05, 3.63) is 53.4 Å². The molecule has 96 valence electrons. The number of rotatable bonds is 3. The van der Waals surface area contributed by atoms with Crippen LogP contribution in [0, 0.1) is 0 Å². The van der Waals surface area contributed by atoms with E-state index in [4.69, 9.17) is 11.6 Å². The number of pyridine rings is 1. The molecule has 0 aliphatic carbocycles. The van der Waals surface area contributed by atoms with Gasteiger partial charge >= 0.3 is 0 Å². The monoisotopic (exact) mass is 289 g/mol. The minimum Gasteiger partial charge on any atom is -0.275 e. The van der Waals surface area contributed by atoms with Crippen molar-refractivity contribution in [2.45, 2.75) is 10.6 Å². The Morgan fingerprint density at radius 3 is 2.95 bits per heavy atom. The van der Waals surface area contributed by atoms with Gasteiger partial charge in [-0.1, -0.05) is 29.8 Å². The Balaban J connectivity index is 1.86. The summed E-state index contributed by atoms with van der Waals surface area (Å²) in [5, 5.41) is 5.85. The summed E-state index contributed by atoms with van der Waals surface area (Å²) in [7, 11) is 1.91. The minimum atomic E-state index is 0.579. The lowest BCUT2D eigenvalue weighted by Gasteiger charge is -2.05. The van der Waals surface area contributed by atoms with E-state index in [1.54, 1.807) is 16.4 Å². The highest BCUT2D eigenvalue weighted by Gasteiger charge is 2.06. The van der Waals surface area contributed by atoms with E-state index in [-0.39, 0.29) is 0 Å². The predicted molar refractivity (Wildman–Crippen MR) is 79.5 cm³/mol. The van der Waals surface area contributed by atoms with Crippen molar-refractivity contribution < 1.29 is 0 Å². The molecule has 3 aromatic rings. The van der Waals surface area contributed by atoms with Crippen LogP contribution in [-0.2, 0) is 12.8 Å².